The second kappa shape index (κ2) is 5.46. The van der Waals surface area contributed by atoms with E-state index in [0.717, 1.165) is 4.68 Å². The van der Waals surface area contributed by atoms with Crippen molar-refractivity contribution in [2.75, 3.05) is 4.72 Å². The molecule has 0 aliphatic carbocycles. The highest BCUT2D eigenvalue weighted by atomic mass is 79.9. The average molecular weight is 437 g/mol. The van der Waals surface area contributed by atoms with Crippen LogP contribution in [0, 0.1) is 6.92 Å². The van der Waals surface area contributed by atoms with Gasteiger partial charge in [0.05, 0.1) is 5.69 Å². The number of rotatable bonds is 4. The van der Waals surface area contributed by atoms with Crippen molar-refractivity contribution in [3.8, 4) is 0 Å². The van der Waals surface area contributed by atoms with Crippen LogP contribution >= 0.6 is 37.9 Å². The van der Waals surface area contributed by atoms with E-state index in [1.165, 1.54) is 14.0 Å². The fourth-order valence-electron chi connectivity index (χ4n) is 1.42. The number of hydrogen-bond donors (Lipinski definition) is 1. The van der Waals surface area contributed by atoms with Gasteiger partial charge in [0.15, 0.2) is 13.9 Å². The number of aromatic nitrogens is 4. The van der Waals surface area contributed by atoms with Crippen LogP contribution in [0.25, 0.3) is 0 Å². The third kappa shape index (κ3) is 3.36. The summed E-state index contributed by atoms with van der Waals surface area (Å²) in [5.74, 6) is 0. The number of halogens is 2. The molecule has 0 aromatic carbocycles. The summed E-state index contributed by atoms with van der Waals surface area (Å²) in [6.45, 7) is 1.41. The fraction of sp³-hybridized carbons (Fsp3) is 0.286. The Labute approximate surface area is 136 Å². The van der Waals surface area contributed by atoms with Crippen molar-refractivity contribution in [3.63, 3.8) is 0 Å². The van der Waals surface area contributed by atoms with Gasteiger partial charge in [0.25, 0.3) is 19.1 Å². The highest BCUT2D eigenvalue weighted by Gasteiger charge is 2.27. The number of hydrogen-bond acceptors (Lipinski definition) is 8. The number of anilines is 1. The molecular formula is C7H7BrClN5O4S3. The van der Waals surface area contributed by atoms with Gasteiger partial charge in [-0.1, -0.05) is 16.6 Å². The van der Waals surface area contributed by atoms with Crippen LogP contribution in [0.3, 0.4) is 0 Å². The van der Waals surface area contributed by atoms with Gasteiger partial charge in [0.2, 0.25) is 5.03 Å². The Kier molecular flexibility index (Phi) is 4.32. The smallest absolute Gasteiger partial charge is 0.253 e. The van der Waals surface area contributed by atoms with Gasteiger partial charge in [-0.2, -0.15) is 8.42 Å². The summed E-state index contributed by atoms with van der Waals surface area (Å²) in [6, 6.07) is 0. The van der Waals surface area contributed by atoms with Gasteiger partial charge in [-0.3, -0.25) is 4.72 Å². The van der Waals surface area contributed by atoms with Crippen LogP contribution in [0.1, 0.15) is 5.69 Å². The molecule has 0 fully saturated rings. The van der Waals surface area contributed by atoms with Gasteiger partial charge in [-0.15, -0.1) is 5.10 Å². The van der Waals surface area contributed by atoms with Crippen molar-refractivity contribution >= 4 is 62.2 Å². The topological polar surface area (TPSA) is 124 Å². The molecule has 2 heterocycles. The Bertz CT molecular complexity index is 883. The zero-order chi connectivity index (χ0) is 16.0. The highest BCUT2D eigenvalue weighted by molar-refractivity contribution is 9.10. The summed E-state index contributed by atoms with van der Waals surface area (Å²) in [6.07, 6.45) is 0. The number of nitrogens with one attached hydrogen (secondary N) is 1. The molecule has 0 saturated carbocycles. The molecule has 2 aromatic rings. The first-order valence-electron chi connectivity index (χ1n) is 5.02. The lowest BCUT2D eigenvalue weighted by molar-refractivity contribution is 0.578. The van der Waals surface area contributed by atoms with Gasteiger partial charge in [-0.25, -0.2) is 18.1 Å². The lowest BCUT2D eigenvalue weighted by atomic mass is 10.6. The van der Waals surface area contributed by atoms with E-state index in [0.29, 0.717) is 11.3 Å². The highest BCUT2D eigenvalue weighted by Crippen LogP contribution is 2.31. The number of thiazole rings is 1. The van der Waals surface area contributed by atoms with Crippen molar-refractivity contribution in [2.45, 2.75) is 16.2 Å². The van der Waals surface area contributed by atoms with Crippen molar-refractivity contribution in [1.29, 1.82) is 0 Å². The molecule has 2 aromatic heterocycles. The molecule has 2 rings (SSSR count). The predicted molar refractivity (Wildman–Crippen MR) is 79.4 cm³/mol. The largest absolute Gasteiger partial charge is 0.283 e. The molecule has 1 N–H and O–H groups in total. The van der Waals surface area contributed by atoms with Gasteiger partial charge >= 0.3 is 0 Å². The quantitative estimate of drug-likeness (QED) is 0.711. The van der Waals surface area contributed by atoms with Gasteiger partial charge in [0, 0.05) is 17.7 Å². The standard InChI is InChI=1S/C7H7BrClN5O4S3/c1-3-6(20(9,15)16)19-7(10-3)12-21(17,18)5-4(8)11-13-14(5)2/h1-2H3,(H,10,12). The first-order chi connectivity index (χ1) is 9.52. The van der Waals surface area contributed by atoms with Crippen molar-refractivity contribution in [1.82, 2.24) is 20.0 Å². The van der Waals surface area contributed by atoms with E-state index >= 15 is 0 Å². The maximum atomic E-state index is 12.2. The molecule has 0 saturated heterocycles. The number of sulfonamides is 1. The molecule has 0 aliphatic heterocycles. The molecule has 0 unspecified atom stereocenters. The summed E-state index contributed by atoms with van der Waals surface area (Å²) in [5, 5.41) is 6.77. The zero-order valence-corrected chi connectivity index (χ0v) is 15.2. The molecule has 21 heavy (non-hydrogen) atoms. The Morgan fingerprint density at radius 1 is 1.33 bits per heavy atom. The van der Waals surface area contributed by atoms with E-state index in [-0.39, 0.29) is 24.7 Å². The minimum atomic E-state index is -4.03. The number of nitrogens with zero attached hydrogens (tertiary/aromatic N) is 4. The first-order valence-corrected chi connectivity index (χ1v) is 10.4. The van der Waals surface area contributed by atoms with Crippen LogP contribution in [0.4, 0.5) is 5.13 Å². The maximum Gasteiger partial charge on any atom is 0.283 e. The predicted octanol–water partition coefficient (Wildman–Crippen LogP) is 1.07. The normalized spacial score (nSPS) is 12.6. The van der Waals surface area contributed by atoms with Crippen LogP contribution in [0.2, 0.25) is 0 Å². The Hall–Kier alpha value is -0.760. The number of aryl methyl sites for hydroxylation is 2. The molecule has 9 nitrogen and oxygen atoms in total. The van der Waals surface area contributed by atoms with Crippen LogP contribution in [-0.2, 0) is 26.1 Å². The molecule has 14 heteroatoms. The van der Waals surface area contributed by atoms with Crippen LogP contribution in [-0.4, -0.2) is 36.8 Å². The summed E-state index contributed by atoms with van der Waals surface area (Å²) in [4.78, 5) is 3.83. The Balaban J connectivity index is 2.43. The molecule has 0 aliphatic rings. The lowest BCUT2D eigenvalue weighted by Gasteiger charge is -2.04. The van der Waals surface area contributed by atoms with Crippen molar-refractivity contribution in [2.24, 2.45) is 7.05 Å². The minimum Gasteiger partial charge on any atom is -0.253 e. The molecule has 0 bridgehead atoms. The molecule has 0 amide bonds. The molecule has 0 radical (unpaired) electrons. The van der Waals surface area contributed by atoms with E-state index in [1.807, 2.05) is 0 Å². The third-order valence-corrected chi connectivity index (χ3v) is 7.79. The van der Waals surface area contributed by atoms with Crippen molar-refractivity contribution < 1.29 is 16.8 Å². The molecular weight excluding hydrogens is 430 g/mol. The van der Waals surface area contributed by atoms with Crippen molar-refractivity contribution in [3.05, 3.63) is 10.3 Å². The molecule has 116 valence electrons. The Morgan fingerprint density at radius 2 is 1.95 bits per heavy atom. The second-order valence-electron chi connectivity index (χ2n) is 3.74. The van der Waals surface area contributed by atoms with E-state index in [4.69, 9.17) is 10.7 Å². The molecule has 0 spiro atoms. The van der Waals surface area contributed by atoms with Gasteiger partial charge in [0.1, 0.15) is 0 Å². The van der Waals surface area contributed by atoms with E-state index in [2.05, 4.69) is 35.9 Å². The van der Waals surface area contributed by atoms with Gasteiger partial charge < -0.3 is 0 Å². The lowest BCUT2D eigenvalue weighted by Crippen LogP contribution is -2.17. The molecule has 0 atom stereocenters. The summed E-state index contributed by atoms with van der Waals surface area (Å²) in [7, 11) is -1.38. The maximum absolute atomic E-state index is 12.2. The van der Waals surface area contributed by atoms with Crippen LogP contribution in [0.5, 0.6) is 0 Å². The summed E-state index contributed by atoms with van der Waals surface area (Å²) in [5.41, 5.74) is 0.106. The van der Waals surface area contributed by atoms with Gasteiger partial charge in [-0.05, 0) is 22.9 Å². The zero-order valence-electron chi connectivity index (χ0n) is 10.4. The van der Waals surface area contributed by atoms with E-state index < -0.39 is 19.1 Å². The fourth-order valence-corrected chi connectivity index (χ4v) is 6.11. The van der Waals surface area contributed by atoms with E-state index in [9.17, 15) is 16.8 Å². The third-order valence-electron chi connectivity index (χ3n) is 2.19. The minimum absolute atomic E-state index is 0.0240. The summed E-state index contributed by atoms with van der Waals surface area (Å²) >= 11 is 3.59. The van der Waals surface area contributed by atoms with Crippen LogP contribution in [0.15, 0.2) is 13.8 Å². The first kappa shape index (κ1) is 16.6. The van der Waals surface area contributed by atoms with Crippen LogP contribution < -0.4 is 4.72 Å². The Morgan fingerprint density at radius 3 is 2.38 bits per heavy atom. The van der Waals surface area contributed by atoms with E-state index in [1.54, 1.807) is 0 Å². The summed E-state index contributed by atoms with van der Waals surface area (Å²) < 4.78 is 50.0. The SMILES string of the molecule is Cc1nc(NS(=O)(=O)c2c(Br)nnn2C)sc1S(=O)(=O)Cl. The second-order valence-corrected chi connectivity index (χ2v) is 9.85. The monoisotopic (exact) mass is 435 g/mol. The average Bonchev–Trinajstić information content (AvgIpc) is 2.81.